The molecule has 1 aromatic carbocycles. The lowest BCUT2D eigenvalue weighted by atomic mass is 9.26. The first kappa shape index (κ1) is 35.9. The highest BCUT2D eigenvalue weighted by molar-refractivity contribution is 5.74. The lowest BCUT2D eigenvalue weighted by Gasteiger charge is -2.77. The molecule has 6 nitrogen and oxygen atoms in total. The van der Waals surface area contributed by atoms with E-state index >= 15 is 0 Å². The molecule has 49 heavy (non-hydrogen) atoms. The molecule has 5 aliphatic carbocycles. The molecule has 6 heteroatoms. The minimum absolute atomic E-state index is 0.0000312. The Morgan fingerprint density at radius 3 is 2.14 bits per heavy atom. The summed E-state index contributed by atoms with van der Waals surface area (Å²) in [4.78, 5) is 12.7. The van der Waals surface area contributed by atoms with Crippen LogP contribution in [0.15, 0.2) is 24.3 Å². The van der Waals surface area contributed by atoms with E-state index < -0.39 is 17.2 Å². The van der Waals surface area contributed by atoms with Crippen LogP contribution in [-0.4, -0.2) is 53.5 Å². The van der Waals surface area contributed by atoms with E-state index in [2.05, 4.69) is 58.9 Å². The molecule has 0 amide bonds. The molecule has 3 N–H and O–H groups in total. The van der Waals surface area contributed by atoms with Crippen LogP contribution >= 0.6 is 0 Å². The number of carboxylic acids is 1. The number of methoxy groups -OCH3 is 1. The first-order valence-corrected chi connectivity index (χ1v) is 19.9. The summed E-state index contributed by atoms with van der Waals surface area (Å²) in [5.74, 6) is -0.977. The van der Waals surface area contributed by atoms with Crippen molar-refractivity contribution >= 4 is 5.97 Å². The van der Waals surface area contributed by atoms with Gasteiger partial charge in [-0.1, -0.05) is 65.3 Å². The van der Waals surface area contributed by atoms with Gasteiger partial charge in [-0.05, 0) is 135 Å². The van der Waals surface area contributed by atoms with Crippen LogP contribution in [-0.2, 0) is 27.1 Å². The second kappa shape index (κ2) is 11.8. The van der Waals surface area contributed by atoms with Crippen LogP contribution in [0.1, 0.15) is 136 Å². The van der Waals surface area contributed by atoms with Gasteiger partial charge >= 0.3 is 5.97 Å². The fourth-order valence-electron chi connectivity index (χ4n) is 14.9. The fraction of sp³-hybridized carbons (Fsp3) is 0.837. The second-order valence-corrected chi connectivity index (χ2v) is 19.5. The third kappa shape index (κ3) is 4.61. The zero-order valence-corrected chi connectivity index (χ0v) is 31.7. The van der Waals surface area contributed by atoms with E-state index in [1.54, 1.807) is 7.11 Å². The lowest BCUT2D eigenvalue weighted by Crippen LogP contribution is -2.74. The van der Waals surface area contributed by atoms with Crippen LogP contribution < -0.4 is 0 Å². The number of ether oxygens (including phenoxy) is 2. The van der Waals surface area contributed by atoms with Crippen molar-refractivity contribution in [1.29, 1.82) is 0 Å². The van der Waals surface area contributed by atoms with E-state index in [9.17, 15) is 20.1 Å². The van der Waals surface area contributed by atoms with Gasteiger partial charge in [-0.2, -0.15) is 0 Å². The molecule has 6 aliphatic rings. The van der Waals surface area contributed by atoms with Gasteiger partial charge in [-0.25, -0.2) is 0 Å². The van der Waals surface area contributed by atoms with Crippen molar-refractivity contribution in [2.75, 3.05) is 20.3 Å². The van der Waals surface area contributed by atoms with Gasteiger partial charge < -0.3 is 24.8 Å². The average molecular weight is 679 g/mol. The van der Waals surface area contributed by atoms with Gasteiger partial charge in [0.1, 0.15) is 0 Å². The maximum Gasteiger partial charge on any atom is 0.309 e. The number of fused-ring (bicyclic) bond motifs is 7. The van der Waals surface area contributed by atoms with E-state index in [4.69, 9.17) is 9.47 Å². The van der Waals surface area contributed by atoms with Crippen LogP contribution in [0.4, 0.5) is 0 Å². The fourth-order valence-corrected chi connectivity index (χ4v) is 14.9. The normalized spacial score (nSPS) is 50.1. The monoisotopic (exact) mass is 678 g/mol. The Kier molecular flexibility index (Phi) is 8.63. The van der Waals surface area contributed by atoms with E-state index in [0.29, 0.717) is 24.9 Å². The summed E-state index contributed by atoms with van der Waals surface area (Å²) in [7, 11) is 1.74. The number of carboxylic acid groups (broad SMARTS) is 1. The summed E-state index contributed by atoms with van der Waals surface area (Å²) in [6.45, 7) is 15.2. The Bertz CT molecular complexity index is 1430. The first-order valence-electron chi connectivity index (χ1n) is 19.9. The highest BCUT2D eigenvalue weighted by atomic mass is 16.6. The Balaban J connectivity index is 1.29. The number of aliphatic hydroxyl groups excluding tert-OH is 1. The smallest absolute Gasteiger partial charge is 0.309 e. The van der Waals surface area contributed by atoms with Gasteiger partial charge in [0, 0.05) is 36.9 Å². The van der Waals surface area contributed by atoms with Crippen LogP contribution in [0, 0.1) is 55.7 Å². The van der Waals surface area contributed by atoms with Gasteiger partial charge in [0.25, 0.3) is 0 Å². The van der Waals surface area contributed by atoms with Crippen molar-refractivity contribution in [2.45, 2.75) is 150 Å². The van der Waals surface area contributed by atoms with Crippen molar-refractivity contribution in [3.63, 3.8) is 0 Å². The first-order chi connectivity index (χ1) is 23.1. The molecular formula is C43H66O6. The molecule has 2 bridgehead atoms. The number of aliphatic hydroxyl groups is 2. The van der Waals surface area contributed by atoms with Crippen molar-refractivity contribution in [3.8, 4) is 0 Å². The number of carbonyl (C=O) groups is 1. The number of benzene rings is 1. The number of rotatable bonds is 9. The van der Waals surface area contributed by atoms with Gasteiger partial charge in [0.05, 0.1) is 18.1 Å². The van der Waals surface area contributed by atoms with Gasteiger partial charge in [0.15, 0.2) is 5.79 Å². The molecule has 6 fully saturated rings. The van der Waals surface area contributed by atoms with Crippen LogP contribution in [0.25, 0.3) is 0 Å². The summed E-state index contributed by atoms with van der Waals surface area (Å²) < 4.78 is 12.3. The third-order valence-corrected chi connectivity index (χ3v) is 18.0. The van der Waals surface area contributed by atoms with E-state index in [1.807, 2.05) is 6.92 Å². The van der Waals surface area contributed by atoms with Gasteiger partial charge in [-0.15, -0.1) is 0 Å². The summed E-state index contributed by atoms with van der Waals surface area (Å²) in [6.07, 6.45) is 13.8. The predicted octanol–water partition coefficient (Wildman–Crippen LogP) is 8.59. The molecule has 1 aliphatic heterocycles. The maximum atomic E-state index is 12.7. The Labute approximate surface area is 296 Å². The second-order valence-electron chi connectivity index (χ2n) is 19.5. The third-order valence-electron chi connectivity index (χ3n) is 18.0. The van der Waals surface area contributed by atoms with Crippen molar-refractivity contribution in [3.05, 3.63) is 35.4 Å². The standard InChI is InChI=1S/C43H66O6/c1-8-9-32-42-16-14-31-38(4)20-19-36(2)17-18-37(3,35(45)46)27-33(36)39(38,5)21-22-40(31,6)41(42,28-44)23-24-43(32,47)49-34(42)26-30-12-10-29(11-13-30)15-25-48-7/h10-13,31-34,44,47H,8-9,14-28H2,1-7H3,(H,45,46)/t31-,32-,33+,34-,36-,37+,38-,39-,40+,41+,42+,43-/m0/s1. The molecule has 274 valence electrons. The number of hydrogen-bond acceptors (Lipinski definition) is 5. The van der Waals surface area contributed by atoms with E-state index in [-0.39, 0.29) is 51.1 Å². The number of hydrogen-bond donors (Lipinski definition) is 3. The molecule has 0 unspecified atom stereocenters. The summed E-state index contributed by atoms with van der Waals surface area (Å²) >= 11 is 0. The van der Waals surface area contributed by atoms with Crippen LogP contribution in [0.5, 0.6) is 0 Å². The summed E-state index contributed by atoms with van der Waals surface area (Å²) in [6, 6.07) is 8.90. The molecule has 1 spiro atoms. The minimum atomic E-state index is -1.15. The topological polar surface area (TPSA) is 96.2 Å². The largest absolute Gasteiger partial charge is 0.481 e. The molecule has 5 saturated carbocycles. The summed E-state index contributed by atoms with van der Waals surface area (Å²) in [5.41, 5.74) is 1.31. The maximum absolute atomic E-state index is 12.7. The predicted molar refractivity (Wildman–Crippen MR) is 192 cm³/mol. The molecule has 7 rings (SSSR count). The van der Waals surface area contributed by atoms with Crippen molar-refractivity contribution in [1.82, 2.24) is 0 Å². The Morgan fingerprint density at radius 1 is 0.857 bits per heavy atom. The molecule has 1 saturated heterocycles. The lowest BCUT2D eigenvalue weighted by molar-refractivity contribution is -0.309. The van der Waals surface area contributed by atoms with Crippen LogP contribution in [0.3, 0.4) is 0 Å². The molecule has 0 radical (unpaired) electrons. The van der Waals surface area contributed by atoms with Crippen LogP contribution in [0.2, 0.25) is 0 Å². The SMILES string of the molecule is CCC[C@H]1[C@@]23CC[C@H]4[C@]5(C)CC[C@]6(C)CC[C@@](C)(C(=O)O)C[C@H]6[C@]5(C)CC[C@@]4(C)[C@]2(CO)CC[C@]1(O)O[C@H]3Cc1ccc(CCOC)cc1. The Morgan fingerprint density at radius 2 is 1.49 bits per heavy atom. The van der Waals surface area contributed by atoms with Gasteiger partial charge in [0.2, 0.25) is 0 Å². The van der Waals surface area contributed by atoms with E-state index in [1.165, 1.54) is 17.5 Å². The zero-order valence-electron chi connectivity index (χ0n) is 31.7. The number of aliphatic carboxylic acids is 1. The van der Waals surface area contributed by atoms with Crippen molar-refractivity contribution in [2.24, 2.45) is 55.7 Å². The van der Waals surface area contributed by atoms with Gasteiger partial charge in [-0.3, -0.25) is 4.79 Å². The highest BCUT2D eigenvalue weighted by Gasteiger charge is 2.81. The Hall–Kier alpha value is -1.47. The molecule has 1 heterocycles. The van der Waals surface area contributed by atoms with E-state index in [0.717, 1.165) is 83.5 Å². The zero-order chi connectivity index (χ0) is 35.3. The minimum Gasteiger partial charge on any atom is -0.481 e. The molecule has 12 atom stereocenters. The van der Waals surface area contributed by atoms with Crippen molar-refractivity contribution < 1.29 is 29.6 Å². The molecule has 0 aromatic heterocycles. The quantitative estimate of drug-likeness (QED) is 0.242. The average Bonchev–Trinajstić information content (AvgIpc) is 3.22. The molecular weight excluding hydrogens is 612 g/mol. The molecule has 1 aromatic rings. The highest BCUT2D eigenvalue weighted by Crippen LogP contribution is 2.83. The summed E-state index contributed by atoms with van der Waals surface area (Å²) in [5, 5.41) is 34.8.